The van der Waals surface area contributed by atoms with Crippen LogP contribution in [0.5, 0.6) is 17.2 Å². The lowest BCUT2D eigenvalue weighted by atomic mass is 10.2. The zero-order valence-corrected chi connectivity index (χ0v) is 13.7. The van der Waals surface area contributed by atoms with Gasteiger partial charge in [-0.25, -0.2) is 0 Å². The van der Waals surface area contributed by atoms with Crippen LogP contribution in [0.2, 0.25) is 0 Å². The molecule has 25 heavy (non-hydrogen) atoms. The highest BCUT2D eigenvalue weighted by atomic mass is 16.7. The van der Waals surface area contributed by atoms with E-state index in [1.807, 2.05) is 84.9 Å². The maximum absolute atomic E-state index is 5.93. The van der Waals surface area contributed by atoms with Crippen molar-refractivity contribution in [3.63, 3.8) is 0 Å². The lowest BCUT2D eigenvalue weighted by Crippen LogP contribution is -2.12. The van der Waals surface area contributed by atoms with Gasteiger partial charge in [0, 0.05) is 5.56 Å². The fraction of sp³-hybridized carbons (Fsp3) is 0.0909. The third-order valence-electron chi connectivity index (χ3n) is 3.44. The molecular formula is C22H18O3. The van der Waals surface area contributed by atoms with Gasteiger partial charge in [-0.2, -0.15) is 0 Å². The Balaban J connectivity index is 1.69. The smallest absolute Gasteiger partial charge is 0.227 e. The molecule has 3 aromatic carbocycles. The first-order valence-corrected chi connectivity index (χ1v) is 7.95. The third-order valence-corrected chi connectivity index (χ3v) is 3.44. The summed E-state index contributed by atoms with van der Waals surface area (Å²) in [5.74, 6) is 4.66. The maximum atomic E-state index is 5.93. The number of terminal acetylenes is 1. The Bertz CT molecular complexity index is 805. The fourth-order valence-corrected chi connectivity index (χ4v) is 2.27. The van der Waals surface area contributed by atoms with Gasteiger partial charge in [-0.15, -0.1) is 6.42 Å². The molecule has 3 heteroatoms. The molecule has 0 N–H and O–H groups in total. The van der Waals surface area contributed by atoms with Crippen molar-refractivity contribution in [1.82, 2.24) is 0 Å². The lowest BCUT2D eigenvalue weighted by molar-refractivity contribution is -0.0703. The van der Waals surface area contributed by atoms with Crippen molar-refractivity contribution in [3.05, 3.63) is 90.5 Å². The van der Waals surface area contributed by atoms with E-state index in [4.69, 9.17) is 20.6 Å². The van der Waals surface area contributed by atoms with Crippen molar-refractivity contribution < 1.29 is 14.2 Å². The molecule has 3 aromatic rings. The van der Waals surface area contributed by atoms with Crippen molar-refractivity contribution in [2.24, 2.45) is 0 Å². The van der Waals surface area contributed by atoms with E-state index >= 15 is 0 Å². The maximum Gasteiger partial charge on any atom is 0.227 e. The summed E-state index contributed by atoms with van der Waals surface area (Å²) in [6.45, 7) is 0.175. The lowest BCUT2D eigenvalue weighted by Gasteiger charge is -2.19. The fourth-order valence-electron chi connectivity index (χ4n) is 2.27. The van der Waals surface area contributed by atoms with Gasteiger partial charge in [-0.3, -0.25) is 0 Å². The van der Waals surface area contributed by atoms with E-state index in [-0.39, 0.29) is 6.61 Å². The van der Waals surface area contributed by atoms with E-state index in [9.17, 15) is 0 Å². The summed E-state index contributed by atoms with van der Waals surface area (Å²) in [5, 5.41) is 0. The minimum Gasteiger partial charge on any atom is -0.461 e. The minimum atomic E-state index is -0.557. The van der Waals surface area contributed by atoms with Crippen LogP contribution in [0.1, 0.15) is 11.9 Å². The molecule has 0 aliphatic rings. The molecule has 0 amide bonds. The second-order valence-electron chi connectivity index (χ2n) is 5.26. The van der Waals surface area contributed by atoms with Crippen molar-refractivity contribution in [2.75, 3.05) is 6.61 Å². The number of para-hydroxylation sites is 1. The molecule has 0 fully saturated rings. The Kier molecular flexibility index (Phi) is 5.71. The Labute approximate surface area is 147 Å². The summed E-state index contributed by atoms with van der Waals surface area (Å²) in [5.41, 5.74) is 0.905. The first kappa shape index (κ1) is 16.6. The van der Waals surface area contributed by atoms with Gasteiger partial charge in [0.25, 0.3) is 0 Å². The number of hydrogen-bond acceptors (Lipinski definition) is 3. The van der Waals surface area contributed by atoms with Crippen LogP contribution in [-0.4, -0.2) is 6.61 Å². The minimum absolute atomic E-state index is 0.175. The molecule has 0 bridgehead atoms. The summed E-state index contributed by atoms with van der Waals surface area (Å²) >= 11 is 0. The zero-order valence-electron chi connectivity index (χ0n) is 13.7. The molecule has 1 unspecified atom stereocenters. The number of benzene rings is 3. The van der Waals surface area contributed by atoms with Crippen LogP contribution in [0.25, 0.3) is 0 Å². The summed E-state index contributed by atoms with van der Waals surface area (Å²) < 4.78 is 17.3. The van der Waals surface area contributed by atoms with Crippen molar-refractivity contribution in [1.29, 1.82) is 0 Å². The molecule has 0 aliphatic carbocycles. The van der Waals surface area contributed by atoms with Crippen LogP contribution in [0, 0.1) is 12.3 Å². The second-order valence-corrected chi connectivity index (χ2v) is 5.26. The van der Waals surface area contributed by atoms with E-state index in [2.05, 4.69) is 5.92 Å². The number of rotatable bonds is 7. The summed E-state index contributed by atoms with van der Waals surface area (Å²) in [6.07, 6.45) is 4.74. The molecule has 3 rings (SSSR count). The largest absolute Gasteiger partial charge is 0.461 e. The van der Waals surface area contributed by atoms with E-state index in [0.717, 1.165) is 17.1 Å². The Morgan fingerprint density at radius 3 is 1.92 bits per heavy atom. The van der Waals surface area contributed by atoms with E-state index in [1.165, 1.54) is 0 Å². The van der Waals surface area contributed by atoms with Crippen LogP contribution in [0.4, 0.5) is 0 Å². The van der Waals surface area contributed by atoms with E-state index < -0.39 is 6.29 Å². The van der Waals surface area contributed by atoms with Crippen molar-refractivity contribution in [3.8, 4) is 29.6 Å². The molecule has 124 valence electrons. The van der Waals surface area contributed by atoms with Crippen molar-refractivity contribution >= 4 is 0 Å². The molecule has 0 radical (unpaired) electrons. The molecule has 0 aromatic heterocycles. The van der Waals surface area contributed by atoms with Gasteiger partial charge in [0.2, 0.25) is 6.29 Å². The second kappa shape index (κ2) is 8.58. The summed E-state index contributed by atoms with van der Waals surface area (Å²) in [6, 6.07) is 26.7. The highest BCUT2D eigenvalue weighted by Gasteiger charge is 2.13. The highest BCUT2D eigenvalue weighted by Crippen LogP contribution is 2.27. The summed E-state index contributed by atoms with van der Waals surface area (Å²) in [7, 11) is 0. The van der Waals surface area contributed by atoms with Crippen LogP contribution in [0.15, 0.2) is 84.9 Å². The van der Waals surface area contributed by atoms with Gasteiger partial charge in [-0.05, 0) is 36.4 Å². The van der Waals surface area contributed by atoms with Gasteiger partial charge >= 0.3 is 0 Å². The van der Waals surface area contributed by atoms with Gasteiger partial charge in [0.1, 0.15) is 23.9 Å². The zero-order chi connectivity index (χ0) is 17.3. The molecule has 3 nitrogen and oxygen atoms in total. The van der Waals surface area contributed by atoms with Crippen LogP contribution in [-0.2, 0) is 4.74 Å². The summed E-state index contributed by atoms with van der Waals surface area (Å²) in [4.78, 5) is 0. The normalized spacial score (nSPS) is 11.3. The molecule has 0 saturated carbocycles. The van der Waals surface area contributed by atoms with Gasteiger partial charge < -0.3 is 14.2 Å². The topological polar surface area (TPSA) is 27.7 Å². The van der Waals surface area contributed by atoms with Gasteiger partial charge in [-0.1, -0.05) is 54.5 Å². The average Bonchev–Trinajstić information content (AvgIpc) is 2.68. The van der Waals surface area contributed by atoms with Gasteiger partial charge in [0.05, 0.1) is 0 Å². The average molecular weight is 330 g/mol. The first-order valence-electron chi connectivity index (χ1n) is 7.95. The molecular weight excluding hydrogens is 312 g/mol. The quantitative estimate of drug-likeness (QED) is 0.440. The SMILES string of the molecule is C#CCOC(Oc1ccc(Oc2ccccc2)cc1)c1ccccc1. The molecule has 1 atom stereocenters. The van der Waals surface area contributed by atoms with Gasteiger partial charge in [0.15, 0.2) is 0 Å². The van der Waals surface area contributed by atoms with Crippen LogP contribution < -0.4 is 9.47 Å². The first-order chi connectivity index (χ1) is 12.3. The molecule has 0 aliphatic heterocycles. The van der Waals surface area contributed by atoms with E-state index in [1.54, 1.807) is 0 Å². The van der Waals surface area contributed by atoms with E-state index in [0.29, 0.717) is 5.75 Å². The Hall–Kier alpha value is -3.22. The predicted octanol–water partition coefficient (Wildman–Crippen LogP) is 5.21. The van der Waals surface area contributed by atoms with Crippen LogP contribution in [0.3, 0.4) is 0 Å². The predicted molar refractivity (Wildman–Crippen MR) is 97.6 cm³/mol. The Morgan fingerprint density at radius 1 is 0.720 bits per heavy atom. The van der Waals surface area contributed by atoms with Crippen molar-refractivity contribution in [2.45, 2.75) is 6.29 Å². The van der Waals surface area contributed by atoms with Crippen LogP contribution >= 0.6 is 0 Å². The Morgan fingerprint density at radius 2 is 1.28 bits per heavy atom. The molecule has 0 saturated heterocycles. The standard InChI is InChI=1S/C22H18O3/c1-2-17-23-22(18-9-5-3-6-10-18)25-21-15-13-20(14-16-21)24-19-11-7-4-8-12-19/h1,3-16,22H,17H2. The highest BCUT2D eigenvalue weighted by molar-refractivity contribution is 5.35. The molecule has 0 heterocycles. The number of hydrogen-bond donors (Lipinski definition) is 0. The monoisotopic (exact) mass is 330 g/mol. The number of ether oxygens (including phenoxy) is 3. The third kappa shape index (κ3) is 4.87. The molecule has 0 spiro atoms.